The number of amides is 4. The third kappa shape index (κ3) is 7.61. The van der Waals surface area contributed by atoms with Gasteiger partial charge in [0.2, 0.25) is 5.91 Å². The minimum atomic E-state index is -0.261. The minimum Gasteiger partial charge on any atom is -0.497 e. The summed E-state index contributed by atoms with van der Waals surface area (Å²) in [6.45, 7) is 4.76. The number of urea groups is 1. The smallest absolute Gasteiger partial charge is 0.314 e. The number of terminal acetylenes is 1. The molecule has 2 saturated heterocycles. The number of anilines is 1. The lowest BCUT2D eigenvalue weighted by Crippen LogP contribution is -2.43. The molecule has 1 aromatic carbocycles. The Hall–Kier alpha value is -3.78. The van der Waals surface area contributed by atoms with Gasteiger partial charge < -0.3 is 29.9 Å². The second-order valence-electron chi connectivity index (χ2n) is 8.85. The number of nitrogens with one attached hydrogen (secondary N) is 2. The summed E-state index contributed by atoms with van der Waals surface area (Å²) in [4.78, 5) is 44.1. The average Bonchev–Trinajstić information content (AvgIpc) is 3.71. The van der Waals surface area contributed by atoms with Gasteiger partial charge in [0.05, 0.1) is 25.9 Å². The molecule has 1 atom stereocenters. The van der Waals surface area contributed by atoms with Gasteiger partial charge in [-0.05, 0) is 18.8 Å². The largest absolute Gasteiger partial charge is 0.497 e. The molecule has 0 saturated carbocycles. The molecular formula is C27H35N5O5S. The van der Waals surface area contributed by atoms with Crippen molar-refractivity contribution in [1.29, 1.82) is 0 Å². The van der Waals surface area contributed by atoms with Crippen molar-refractivity contribution in [2.45, 2.75) is 45.1 Å². The number of carbonyl (C=O) groups excluding carboxylic acids is 3. The van der Waals surface area contributed by atoms with E-state index in [9.17, 15) is 14.4 Å². The van der Waals surface area contributed by atoms with Gasteiger partial charge in [-0.3, -0.25) is 9.59 Å². The van der Waals surface area contributed by atoms with E-state index in [1.807, 2.05) is 4.90 Å². The fraction of sp³-hybridized carbons (Fsp3) is 0.481. The van der Waals surface area contributed by atoms with Gasteiger partial charge in [-0.1, -0.05) is 19.8 Å². The fourth-order valence-electron chi connectivity index (χ4n) is 4.27. The molecule has 1 unspecified atom stereocenters. The topological polar surface area (TPSA) is 113 Å². The van der Waals surface area contributed by atoms with Gasteiger partial charge in [-0.2, -0.15) is 0 Å². The molecule has 1 aromatic heterocycles. The van der Waals surface area contributed by atoms with Gasteiger partial charge in [0, 0.05) is 56.2 Å². The number of likely N-dealkylation sites (tertiary alicyclic amines) is 1. The Morgan fingerprint density at radius 3 is 2.39 bits per heavy atom. The lowest BCUT2D eigenvalue weighted by Gasteiger charge is -2.29. The maximum atomic E-state index is 13.6. The average molecular weight is 542 g/mol. The first-order chi connectivity index (χ1) is 18.4. The van der Waals surface area contributed by atoms with Crippen LogP contribution in [-0.4, -0.2) is 74.2 Å². The second kappa shape index (κ2) is 14.2. The van der Waals surface area contributed by atoms with Crippen molar-refractivity contribution in [3.63, 3.8) is 0 Å². The van der Waals surface area contributed by atoms with E-state index in [0.717, 1.165) is 32.4 Å². The SMILES string of the molecule is C#Cc1nc(C(=O)N(c2cc(OC)cc(OC)c2)C2CCN(C(=O)CCCCC)C2)cs1.O=C1NCCN1. The maximum absolute atomic E-state index is 13.6. The molecule has 0 spiro atoms. The molecule has 0 bridgehead atoms. The van der Waals surface area contributed by atoms with Crippen LogP contribution in [0.1, 0.15) is 54.5 Å². The molecule has 204 valence electrons. The first-order valence-electron chi connectivity index (χ1n) is 12.7. The van der Waals surface area contributed by atoms with Gasteiger partial charge in [0.15, 0.2) is 5.01 Å². The second-order valence-corrected chi connectivity index (χ2v) is 9.71. The lowest BCUT2D eigenvalue weighted by atomic mass is 10.1. The molecule has 11 heteroatoms. The Bertz CT molecular complexity index is 1130. The Morgan fingerprint density at radius 2 is 1.87 bits per heavy atom. The maximum Gasteiger partial charge on any atom is 0.314 e. The number of rotatable bonds is 9. The van der Waals surface area contributed by atoms with Crippen molar-refractivity contribution in [2.24, 2.45) is 0 Å². The summed E-state index contributed by atoms with van der Waals surface area (Å²) < 4.78 is 10.8. The highest BCUT2D eigenvalue weighted by Crippen LogP contribution is 2.33. The summed E-state index contributed by atoms with van der Waals surface area (Å²) in [5.74, 6) is 3.50. The van der Waals surface area contributed by atoms with Crippen molar-refractivity contribution in [3.8, 4) is 23.8 Å². The van der Waals surface area contributed by atoms with E-state index < -0.39 is 0 Å². The van der Waals surface area contributed by atoms with E-state index >= 15 is 0 Å². The number of unbranched alkanes of at least 4 members (excludes halogenated alkanes) is 2. The van der Waals surface area contributed by atoms with Crippen LogP contribution in [0.2, 0.25) is 0 Å². The Balaban J connectivity index is 0.000000585. The van der Waals surface area contributed by atoms with Gasteiger partial charge in [-0.25, -0.2) is 9.78 Å². The number of carbonyl (C=O) groups is 3. The fourth-order valence-corrected chi connectivity index (χ4v) is 4.86. The minimum absolute atomic E-state index is 0.0463. The van der Waals surface area contributed by atoms with Crippen molar-refractivity contribution >= 4 is 34.9 Å². The summed E-state index contributed by atoms with van der Waals surface area (Å²) in [5.41, 5.74) is 0.921. The van der Waals surface area contributed by atoms with Crippen molar-refractivity contribution in [3.05, 3.63) is 34.3 Å². The zero-order chi connectivity index (χ0) is 27.5. The van der Waals surface area contributed by atoms with Crippen LogP contribution in [0.25, 0.3) is 0 Å². The highest BCUT2D eigenvalue weighted by Gasteiger charge is 2.35. The first-order valence-corrected chi connectivity index (χ1v) is 13.6. The molecule has 2 N–H and O–H groups in total. The summed E-state index contributed by atoms with van der Waals surface area (Å²) in [7, 11) is 3.13. The zero-order valence-corrected chi connectivity index (χ0v) is 22.9. The molecule has 2 aromatic rings. The highest BCUT2D eigenvalue weighted by atomic mass is 32.1. The molecule has 10 nitrogen and oxygen atoms in total. The normalized spacial score (nSPS) is 16.0. The highest BCUT2D eigenvalue weighted by molar-refractivity contribution is 7.10. The molecule has 2 aliphatic heterocycles. The summed E-state index contributed by atoms with van der Waals surface area (Å²) in [5, 5.41) is 7.26. The lowest BCUT2D eigenvalue weighted by molar-refractivity contribution is -0.130. The summed E-state index contributed by atoms with van der Waals surface area (Å²) in [6.07, 6.45) is 9.67. The van der Waals surface area contributed by atoms with E-state index in [4.69, 9.17) is 15.9 Å². The molecular weight excluding hydrogens is 506 g/mol. The molecule has 0 aliphatic carbocycles. The molecule has 0 radical (unpaired) electrons. The predicted octanol–water partition coefficient (Wildman–Crippen LogP) is 3.27. The van der Waals surface area contributed by atoms with Crippen LogP contribution in [0.3, 0.4) is 0 Å². The third-order valence-electron chi connectivity index (χ3n) is 6.25. The summed E-state index contributed by atoms with van der Waals surface area (Å²) in [6, 6.07) is 5.10. The van der Waals surface area contributed by atoms with Crippen LogP contribution in [-0.2, 0) is 4.79 Å². The zero-order valence-electron chi connectivity index (χ0n) is 22.1. The van der Waals surface area contributed by atoms with Gasteiger partial charge >= 0.3 is 6.03 Å². The number of hydrogen-bond donors (Lipinski definition) is 2. The van der Waals surface area contributed by atoms with Crippen LogP contribution in [0.4, 0.5) is 10.5 Å². The quantitative estimate of drug-likeness (QED) is 0.372. The monoisotopic (exact) mass is 541 g/mol. The van der Waals surface area contributed by atoms with E-state index in [-0.39, 0.29) is 29.6 Å². The van der Waals surface area contributed by atoms with E-state index in [2.05, 4.69) is 28.5 Å². The molecule has 4 amide bonds. The van der Waals surface area contributed by atoms with E-state index in [1.165, 1.54) is 11.3 Å². The van der Waals surface area contributed by atoms with E-state index in [1.54, 1.807) is 42.7 Å². The third-order valence-corrected chi connectivity index (χ3v) is 7.03. The van der Waals surface area contributed by atoms with E-state index in [0.29, 0.717) is 48.1 Å². The molecule has 2 aliphatic rings. The van der Waals surface area contributed by atoms with Crippen molar-refractivity contribution < 1.29 is 23.9 Å². The molecule has 3 heterocycles. The standard InChI is InChI=1S/C24H29N3O4S.C3H6N2O/c1-5-7-8-9-23(28)26-11-10-17(15-26)27(24(29)21-16-32-22(6-2)25-21)18-12-19(30-3)14-20(13-18)31-4;6-3-4-1-2-5-3/h2,12-14,16-17H,5,7-11,15H2,1,3-4H3;1-2H2,(H2,4,5,6). The van der Waals surface area contributed by atoms with Crippen LogP contribution in [0.5, 0.6) is 11.5 Å². The Labute approximate surface area is 227 Å². The first kappa shape index (κ1) is 28.8. The number of nitrogens with zero attached hydrogens (tertiary/aromatic N) is 3. The molecule has 4 rings (SSSR count). The van der Waals surface area contributed by atoms with Gasteiger partial charge in [0.1, 0.15) is 17.2 Å². The summed E-state index contributed by atoms with van der Waals surface area (Å²) >= 11 is 1.26. The number of thiazole rings is 1. The number of benzene rings is 1. The van der Waals surface area contributed by atoms with Gasteiger partial charge in [-0.15, -0.1) is 17.8 Å². The predicted molar refractivity (Wildman–Crippen MR) is 147 cm³/mol. The van der Waals surface area contributed by atoms with Crippen molar-refractivity contribution in [2.75, 3.05) is 45.3 Å². The molecule has 38 heavy (non-hydrogen) atoms. The number of hydrogen-bond acceptors (Lipinski definition) is 7. The Morgan fingerprint density at radius 1 is 1.18 bits per heavy atom. The number of methoxy groups -OCH3 is 2. The van der Waals surface area contributed by atoms with Crippen molar-refractivity contribution in [1.82, 2.24) is 20.5 Å². The Kier molecular flexibility index (Phi) is 10.8. The molecule has 2 fully saturated rings. The van der Waals surface area contributed by atoms with Crippen LogP contribution < -0.4 is 25.0 Å². The van der Waals surface area contributed by atoms with Crippen LogP contribution >= 0.6 is 11.3 Å². The number of ether oxygens (including phenoxy) is 2. The van der Waals surface area contributed by atoms with Gasteiger partial charge in [0.25, 0.3) is 5.91 Å². The number of aromatic nitrogens is 1. The van der Waals surface area contributed by atoms with Crippen LogP contribution in [0.15, 0.2) is 23.6 Å². The van der Waals surface area contributed by atoms with Crippen LogP contribution in [0, 0.1) is 12.3 Å².